The number of carbonyl (C=O) groups excluding carboxylic acids is 1. The number of nitrogens with zero attached hydrogens (tertiary/aromatic N) is 2. The predicted octanol–water partition coefficient (Wildman–Crippen LogP) is 2.95. The van der Waals surface area contributed by atoms with Gasteiger partial charge in [-0.25, -0.2) is 4.79 Å². The van der Waals surface area contributed by atoms with Gasteiger partial charge in [0.1, 0.15) is 6.61 Å². The Hall–Kier alpha value is -2.02. The van der Waals surface area contributed by atoms with E-state index < -0.39 is 0 Å². The van der Waals surface area contributed by atoms with Gasteiger partial charge in [0.25, 0.3) is 0 Å². The van der Waals surface area contributed by atoms with Gasteiger partial charge in [0.05, 0.1) is 12.0 Å². The van der Waals surface area contributed by atoms with Gasteiger partial charge in [-0.3, -0.25) is 0 Å². The number of nitriles is 1. The van der Waals surface area contributed by atoms with Crippen molar-refractivity contribution in [2.45, 2.75) is 32.4 Å². The summed E-state index contributed by atoms with van der Waals surface area (Å²) in [6.07, 6.45) is 1.71. The maximum atomic E-state index is 12.0. The maximum Gasteiger partial charge on any atom is 0.410 e. The molecule has 4 nitrogen and oxygen atoms in total. The first-order chi connectivity index (χ1) is 9.20. The number of hydrogen-bond donors (Lipinski definition) is 0. The second kappa shape index (κ2) is 6.24. The van der Waals surface area contributed by atoms with Crippen LogP contribution in [0.1, 0.15) is 25.3 Å². The minimum absolute atomic E-state index is 0.162. The minimum atomic E-state index is -0.312. The molecular weight excluding hydrogens is 240 g/mol. The lowest BCUT2D eigenvalue weighted by atomic mass is 10.2. The van der Waals surface area contributed by atoms with Crippen molar-refractivity contribution < 1.29 is 9.53 Å². The zero-order chi connectivity index (χ0) is 13.7. The molecule has 0 aliphatic heterocycles. The predicted molar refractivity (Wildman–Crippen MR) is 71.1 cm³/mol. The van der Waals surface area contributed by atoms with Gasteiger partial charge >= 0.3 is 6.09 Å². The average molecular weight is 258 g/mol. The van der Waals surface area contributed by atoms with Crippen LogP contribution in [0.15, 0.2) is 30.3 Å². The smallest absolute Gasteiger partial charge is 0.410 e. The third kappa shape index (κ3) is 3.99. The van der Waals surface area contributed by atoms with E-state index in [1.807, 2.05) is 37.3 Å². The Bertz CT molecular complexity index is 463. The lowest BCUT2D eigenvalue weighted by molar-refractivity contribution is 0.0908. The van der Waals surface area contributed by atoms with E-state index in [1.165, 1.54) is 0 Å². The SMILES string of the molecule is CC(C#N)CN(C(=O)OCc1ccccc1)C1CC1. The summed E-state index contributed by atoms with van der Waals surface area (Å²) in [6.45, 7) is 2.55. The number of carbonyl (C=O) groups is 1. The highest BCUT2D eigenvalue weighted by Crippen LogP contribution is 2.28. The van der Waals surface area contributed by atoms with Gasteiger partial charge in [-0.05, 0) is 25.3 Å². The summed E-state index contributed by atoms with van der Waals surface area (Å²) in [5, 5.41) is 8.85. The van der Waals surface area contributed by atoms with Crippen LogP contribution in [0.5, 0.6) is 0 Å². The molecule has 1 aliphatic carbocycles. The van der Waals surface area contributed by atoms with E-state index in [9.17, 15) is 4.79 Å². The van der Waals surface area contributed by atoms with Gasteiger partial charge in [0, 0.05) is 12.6 Å². The normalized spacial score (nSPS) is 15.4. The third-order valence-corrected chi connectivity index (χ3v) is 3.12. The summed E-state index contributed by atoms with van der Waals surface area (Å²) in [7, 11) is 0. The molecule has 19 heavy (non-hydrogen) atoms. The number of amides is 1. The van der Waals surface area contributed by atoms with Gasteiger partial charge in [0.15, 0.2) is 0 Å². The van der Waals surface area contributed by atoms with Crippen molar-refractivity contribution in [1.29, 1.82) is 5.26 Å². The van der Waals surface area contributed by atoms with Crippen molar-refractivity contribution in [2.75, 3.05) is 6.54 Å². The fraction of sp³-hybridized carbons (Fsp3) is 0.467. The van der Waals surface area contributed by atoms with Gasteiger partial charge in [-0.1, -0.05) is 30.3 Å². The molecule has 0 aromatic heterocycles. The van der Waals surface area contributed by atoms with Crippen LogP contribution in [0.4, 0.5) is 4.79 Å². The van der Waals surface area contributed by atoms with Crippen molar-refractivity contribution in [1.82, 2.24) is 4.90 Å². The number of benzene rings is 1. The van der Waals surface area contributed by atoms with Gasteiger partial charge in [-0.15, -0.1) is 0 Å². The molecule has 1 fully saturated rings. The summed E-state index contributed by atoms with van der Waals surface area (Å²) in [5.41, 5.74) is 0.972. The second-order valence-corrected chi connectivity index (χ2v) is 4.95. The lowest BCUT2D eigenvalue weighted by Crippen LogP contribution is -2.36. The fourth-order valence-corrected chi connectivity index (χ4v) is 1.90. The Morgan fingerprint density at radius 1 is 1.47 bits per heavy atom. The minimum Gasteiger partial charge on any atom is -0.445 e. The van der Waals surface area contributed by atoms with E-state index in [0.717, 1.165) is 18.4 Å². The molecule has 1 saturated carbocycles. The fourth-order valence-electron chi connectivity index (χ4n) is 1.90. The van der Waals surface area contributed by atoms with Gasteiger partial charge in [0.2, 0.25) is 0 Å². The molecule has 4 heteroatoms. The van der Waals surface area contributed by atoms with E-state index in [-0.39, 0.29) is 24.7 Å². The van der Waals surface area contributed by atoms with Crippen molar-refractivity contribution >= 4 is 6.09 Å². The van der Waals surface area contributed by atoms with Gasteiger partial charge < -0.3 is 9.64 Å². The van der Waals surface area contributed by atoms with E-state index >= 15 is 0 Å². The molecule has 0 bridgehead atoms. The summed E-state index contributed by atoms with van der Waals surface area (Å²) < 4.78 is 5.31. The third-order valence-electron chi connectivity index (χ3n) is 3.12. The first-order valence-corrected chi connectivity index (χ1v) is 6.57. The standard InChI is InChI=1S/C15H18N2O2/c1-12(9-16)10-17(14-7-8-14)15(18)19-11-13-5-3-2-4-6-13/h2-6,12,14H,7-8,10-11H2,1H3. The van der Waals surface area contributed by atoms with Crippen LogP contribution in [-0.2, 0) is 11.3 Å². The molecule has 1 amide bonds. The highest BCUT2D eigenvalue weighted by Gasteiger charge is 2.34. The second-order valence-electron chi connectivity index (χ2n) is 4.95. The number of rotatable bonds is 5. The maximum absolute atomic E-state index is 12.0. The molecule has 1 unspecified atom stereocenters. The van der Waals surface area contributed by atoms with Crippen LogP contribution in [0.2, 0.25) is 0 Å². The molecule has 2 rings (SSSR count). The van der Waals surface area contributed by atoms with E-state index in [0.29, 0.717) is 6.54 Å². The van der Waals surface area contributed by atoms with Crippen LogP contribution in [0.3, 0.4) is 0 Å². The molecule has 1 atom stereocenters. The highest BCUT2D eigenvalue weighted by molar-refractivity contribution is 5.68. The van der Waals surface area contributed by atoms with Crippen LogP contribution in [0, 0.1) is 17.2 Å². The van der Waals surface area contributed by atoms with Crippen molar-refractivity contribution in [3.8, 4) is 6.07 Å². The van der Waals surface area contributed by atoms with E-state index in [4.69, 9.17) is 10.00 Å². The molecular formula is C15H18N2O2. The van der Waals surface area contributed by atoms with Crippen LogP contribution in [-0.4, -0.2) is 23.6 Å². The Kier molecular flexibility index (Phi) is 4.40. The van der Waals surface area contributed by atoms with Crippen LogP contribution < -0.4 is 0 Å². The summed E-state index contributed by atoms with van der Waals surface area (Å²) >= 11 is 0. The first kappa shape index (κ1) is 13.4. The van der Waals surface area contributed by atoms with Crippen LogP contribution >= 0.6 is 0 Å². The molecule has 1 aromatic carbocycles. The van der Waals surface area contributed by atoms with Crippen molar-refractivity contribution in [3.63, 3.8) is 0 Å². The largest absolute Gasteiger partial charge is 0.445 e. The van der Waals surface area contributed by atoms with Crippen LogP contribution in [0.25, 0.3) is 0 Å². The summed E-state index contributed by atoms with van der Waals surface area (Å²) in [6, 6.07) is 12.0. The summed E-state index contributed by atoms with van der Waals surface area (Å²) in [5.74, 6) is -0.162. The molecule has 1 aromatic rings. The summed E-state index contributed by atoms with van der Waals surface area (Å²) in [4.78, 5) is 13.7. The van der Waals surface area contributed by atoms with Gasteiger partial charge in [-0.2, -0.15) is 5.26 Å². The first-order valence-electron chi connectivity index (χ1n) is 6.57. The molecule has 0 N–H and O–H groups in total. The molecule has 0 heterocycles. The number of hydrogen-bond acceptors (Lipinski definition) is 3. The Morgan fingerprint density at radius 3 is 2.74 bits per heavy atom. The molecule has 1 aliphatic rings. The molecule has 0 saturated heterocycles. The zero-order valence-corrected chi connectivity index (χ0v) is 11.1. The van der Waals surface area contributed by atoms with Crippen molar-refractivity contribution in [3.05, 3.63) is 35.9 Å². The Labute approximate surface area is 113 Å². The lowest BCUT2D eigenvalue weighted by Gasteiger charge is -2.22. The molecule has 0 radical (unpaired) electrons. The Balaban J connectivity index is 1.87. The zero-order valence-electron chi connectivity index (χ0n) is 11.1. The van der Waals surface area contributed by atoms with Crippen molar-refractivity contribution in [2.24, 2.45) is 5.92 Å². The number of ether oxygens (including phenoxy) is 1. The molecule has 0 spiro atoms. The Morgan fingerprint density at radius 2 is 2.16 bits per heavy atom. The topological polar surface area (TPSA) is 53.3 Å². The monoisotopic (exact) mass is 258 g/mol. The van der Waals surface area contributed by atoms with E-state index in [2.05, 4.69) is 6.07 Å². The van der Waals surface area contributed by atoms with E-state index in [1.54, 1.807) is 4.90 Å². The average Bonchev–Trinajstić information content (AvgIpc) is 3.27. The highest BCUT2D eigenvalue weighted by atomic mass is 16.6. The quantitative estimate of drug-likeness (QED) is 0.816. The molecule has 100 valence electrons.